The molecule has 0 atom stereocenters. The average Bonchev–Trinajstić information content (AvgIpc) is 2.40. The van der Waals surface area contributed by atoms with E-state index in [0.29, 0.717) is 0 Å². The van der Waals surface area contributed by atoms with E-state index in [1.165, 1.54) is 6.42 Å². The summed E-state index contributed by atoms with van der Waals surface area (Å²) in [4.78, 5) is 2.48. The van der Waals surface area contributed by atoms with Gasteiger partial charge in [-0.15, -0.1) is 0 Å². The van der Waals surface area contributed by atoms with Crippen LogP contribution in [-0.4, -0.2) is 55.5 Å². The summed E-state index contributed by atoms with van der Waals surface area (Å²) < 4.78 is 5.36. The van der Waals surface area contributed by atoms with Crippen LogP contribution in [0.15, 0.2) is 0 Å². The van der Waals surface area contributed by atoms with Gasteiger partial charge >= 0.3 is 0 Å². The van der Waals surface area contributed by atoms with Crippen molar-refractivity contribution >= 4 is 0 Å². The third-order valence-corrected chi connectivity index (χ3v) is 4.51. The molecular formula is C13H26N2O2. The van der Waals surface area contributed by atoms with Crippen LogP contribution in [0, 0.1) is 5.41 Å². The molecule has 2 aliphatic rings. The van der Waals surface area contributed by atoms with Gasteiger partial charge in [0.05, 0.1) is 19.3 Å². The van der Waals surface area contributed by atoms with Crippen LogP contribution < -0.4 is 5.73 Å². The molecule has 0 unspecified atom stereocenters. The van der Waals surface area contributed by atoms with Gasteiger partial charge in [-0.25, -0.2) is 0 Å². The molecule has 0 aromatic rings. The Bertz CT molecular complexity index is 221. The first kappa shape index (κ1) is 13.3. The summed E-state index contributed by atoms with van der Waals surface area (Å²) in [6.07, 6.45) is 5.14. The normalized spacial score (nSPS) is 36.0. The smallest absolute Gasteiger partial charge is 0.0594 e. The van der Waals surface area contributed by atoms with Gasteiger partial charge in [0.1, 0.15) is 0 Å². The monoisotopic (exact) mass is 242 g/mol. The first-order chi connectivity index (χ1) is 8.24. The van der Waals surface area contributed by atoms with Gasteiger partial charge in [-0.2, -0.15) is 0 Å². The second-order valence-corrected chi connectivity index (χ2v) is 5.64. The van der Waals surface area contributed by atoms with E-state index in [2.05, 4.69) is 4.90 Å². The van der Waals surface area contributed by atoms with Gasteiger partial charge in [0, 0.05) is 13.1 Å². The Kier molecular flexibility index (Phi) is 4.79. The van der Waals surface area contributed by atoms with Crippen molar-refractivity contribution in [1.82, 2.24) is 4.90 Å². The van der Waals surface area contributed by atoms with Gasteiger partial charge in [0.2, 0.25) is 0 Å². The third kappa shape index (κ3) is 3.65. The number of hydrogen-bond acceptors (Lipinski definition) is 4. The summed E-state index contributed by atoms with van der Waals surface area (Å²) in [5.41, 5.74) is 6.26. The molecule has 2 rings (SSSR count). The summed E-state index contributed by atoms with van der Waals surface area (Å²) in [5.74, 6) is 0. The zero-order chi connectivity index (χ0) is 12.1. The molecule has 0 spiro atoms. The molecule has 1 aliphatic heterocycles. The predicted molar refractivity (Wildman–Crippen MR) is 67.8 cm³/mol. The fourth-order valence-corrected chi connectivity index (χ4v) is 2.99. The Morgan fingerprint density at radius 2 is 1.88 bits per heavy atom. The Morgan fingerprint density at radius 3 is 2.47 bits per heavy atom. The standard InChI is InChI=1S/C13H26N2O2/c14-11-13(3-1-12(16)2-4-13)5-6-15-7-9-17-10-8-15/h12,16H,1-11,14H2. The summed E-state index contributed by atoms with van der Waals surface area (Å²) >= 11 is 0. The van der Waals surface area contributed by atoms with Crippen molar-refractivity contribution < 1.29 is 9.84 Å². The first-order valence-corrected chi connectivity index (χ1v) is 6.92. The number of ether oxygens (including phenoxy) is 1. The minimum absolute atomic E-state index is 0.0851. The highest BCUT2D eigenvalue weighted by atomic mass is 16.5. The zero-order valence-electron chi connectivity index (χ0n) is 10.7. The summed E-state index contributed by atoms with van der Waals surface area (Å²) in [6.45, 7) is 5.76. The van der Waals surface area contributed by atoms with Crippen LogP contribution >= 0.6 is 0 Å². The lowest BCUT2D eigenvalue weighted by Gasteiger charge is -2.40. The first-order valence-electron chi connectivity index (χ1n) is 6.92. The molecule has 1 saturated carbocycles. The number of rotatable bonds is 4. The van der Waals surface area contributed by atoms with Gasteiger partial charge in [-0.3, -0.25) is 4.90 Å². The molecule has 4 nitrogen and oxygen atoms in total. The third-order valence-electron chi connectivity index (χ3n) is 4.51. The minimum Gasteiger partial charge on any atom is -0.393 e. The summed E-state index contributed by atoms with van der Waals surface area (Å²) in [7, 11) is 0. The number of hydrogen-bond donors (Lipinski definition) is 2. The van der Waals surface area contributed by atoms with Crippen molar-refractivity contribution in [3.63, 3.8) is 0 Å². The second-order valence-electron chi connectivity index (χ2n) is 5.64. The van der Waals surface area contributed by atoms with Crippen LogP contribution in [-0.2, 0) is 4.74 Å². The maximum Gasteiger partial charge on any atom is 0.0594 e. The van der Waals surface area contributed by atoms with Gasteiger partial charge < -0.3 is 15.6 Å². The molecule has 0 amide bonds. The molecule has 3 N–H and O–H groups in total. The average molecular weight is 242 g/mol. The van der Waals surface area contributed by atoms with E-state index in [-0.39, 0.29) is 11.5 Å². The lowest BCUT2D eigenvalue weighted by atomic mass is 9.71. The highest BCUT2D eigenvalue weighted by Crippen LogP contribution is 2.38. The van der Waals surface area contributed by atoms with E-state index in [0.717, 1.165) is 65.1 Å². The van der Waals surface area contributed by atoms with Gasteiger partial charge in [-0.1, -0.05) is 0 Å². The molecule has 1 heterocycles. The quantitative estimate of drug-likeness (QED) is 0.757. The minimum atomic E-state index is -0.0851. The van der Waals surface area contributed by atoms with Gasteiger partial charge in [-0.05, 0) is 50.6 Å². The molecular weight excluding hydrogens is 216 g/mol. The van der Waals surface area contributed by atoms with E-state index >= 15 is 0 Å². The fraction of sp³-hybridized carbons (Fsp3) is 1.00. The van der Waals surface area contributed by atoms with Crippen molar-refractivity contribution in [2.45, 2.75) is 38.2 Å². The maximum absolute atomic E-state index is 9.59. The molecule has 17 heavy (non-hydrogen) atoms. The molecule has 2 fully saturated rings. The van der Waals surface area contributed by atoms with Crippen LogP contribution in [0.25, 0.3) is 0 Å². The molecule has 0 aromatic heterocycles. The molecule has 1 aliphatic carbocycles. The fourth-order valence-electron chi connectivity index (χ4n) is 2.99. The predicted octanol–water partition coefficient (Wildman–Crippen LogP) is 0.589. The summed E-state index contributed by atoms with van der Waals surface area (Å²) in [6, 6.07) is 0. The van der Waals surface area contributed by atoms with Crippen molar-refractivity contribution in [1.29, 1.82) is 0 Å². The van der Waals surface area contributed by atoms with E-state index < -0.39 is 0 Å². The van der Waals surface area contributed by atoms with E-state index in [1.54, 1.807) is 0 Å². The Morgan fingerprint density at radius 1 is 1.24 bits per heavy atom. The number of morpholine rings is 1. The topological polar surface area (TPSA) is 58.7 Å². The maximum atomic E-state index is 9.59. The van der Waals surface area contributed by atoms with Crippen molar-refractivity contribution in [2.75, 3.05) is 39.4 Å². The van der Waals surface area contributed by atoms with E-state index in [1.807, 2.05) is 0 Å². The highest BCUT2D eigenvalue weighted by Gasteiger charge is 2.33. The van der Waals surface area contributed by atoms with Crippen molar-refractivity contribution in [3.8, 4) is 0 Å². The lowest BCUT2D eigenvalue weighted by molar-refractivity contribution is 0.0196. The molecule has 100 valence electrons. The van der Waals surface area contributed by atoms with Gasteiger partial charge in [0.15, 0.2) is 0 Å². The van der Waals surface area contributed by atoms with Crippen LogP contribution in [0.5, 0.6) is 0 Å². The second kappa shape index (κ2) is 6.14. The van der Waals surface area contributed by atoms with E-state index in [9.17, 15) is 5.11 Å². The van der Waals surface area contributed by atoms with Crippen LogP contribution in [0.1, 0.15) is 32.1 Å². The Hall–Kier alpha value is -0.160. The summed E-state index contributed by atoms with van der Waals surface area (Å²) in [5, 5.41) is 9.59. The van der Waals surface area contributed by atoms with Crippen molar-refractivity contribution in [3.05, 3.63) is 0 Å². The Balaban J connectivity index is 1.78. The molecule has 0 bridgehead atoms. The number of nitrogens with zero attached hydrogens (tertiary/aromatic N) is 1. The molecule has 0 aromatic carbocycles. The number of nitrogens with two attached hydrogens (primary N) is 1. The zero-order valence-corrected chi connectivity index (χ0v) is 10.7. The SMILES string of the molecule is NCC1(CCN2CCOCC2)CCC(O)CC1. The Labute approximate surface area is 104 Å². The van der Waals surface area contributed by atoms with Crippen LogP contribution in [0.4, 0.5) is 0 Å². The molecule has 1 saturated heterocycles. The highest BCUT2D eigenvalue weighted by molar-refractivity contribution is 4.87. The van der Waals surface area contributed by atoms with Crippen LogP contribution in [0.3, 0.4) is 0 Å². The van der Waals surface area contributed by atoms with E-state index in [4.69, 9.17) is 10.5 Å². The van der Waals surface area contributed by atoms with Gasteiger partial charge in [0.25, 0.3) is 0 Å². The largest absolute Gasteiger partial charge is 0.393 e. The lowest BCUT2D eigenvalue weighted by Crippen LogP contribution is -2.42. The molecule has 4 heteroatoms. The number of aliphatic hydroxyl groups excluding tert-OH is 1. The van der Waals surface area contributed by atoms with Crippen molar-refractivity contribution in [2.24, 2.45) is 11.1 Å². The number of aliphatic hydroxyl groups is 1. The van der Waals surface area contributed by atoms with Crippen LogP contribution in [0.2, 0.25) is 0 Å². The molecule has 0 radical (unpaired) electrons.